The van der Waals surface area contributed by atoms with Gasteiger partial charge in [-0.25, -0.2) is 0 Å². The van der Waals surface area contributed by atoms with Crippen LogP contribution in [0.1, 0.15) is 79.4 Å². The Balaban J connectivity index is 3.00. The number of nitrogens with two attached hydrogens (primary N) is 2. The van der Waals surface area contributed by atoms with Gasteiger partial charge in [-0.1, -0.05) is 52.0 Å². The summed E-state index contributed by atoms with van der Waals surface area (Å²) in [6.45, 7) is 17.4. The fraction of sp³-hybridized carbons (Fsp3) is 0.700. The first-order valence-corrected chi connectivity index (χ1v) is 8.31. The second-order valence-electron chi connectivity index (χ2n) is 9.68. The van der Waals surface area contributed by atoms with Crippen LogP contribution in [0.5, 0.6) is 0 Å². The van der Waals surface area contributed by atoms with E-state index in [4.69, 9.17) is 11.5 Å². The van der Waals surface area contributed by atoms with Gasteiger partial charge in [0.15, 0.2) is 0 Å². The SMILES string of the molecule is CC(C)(N)CC(C)(C)c1ccc(C(C)(C)CC(C)(C)N)cc1. The summed E-state index contributed by atoms with van der Waals surface area (Å²) in [5.74, 6) is 0. The van der Waals surface area contributed by atoms with E-state index in [1.165, 1.54) is 11.1 Å². The quantitative estimate of drug-likeness (QED) is 0.813. The van der Waals surface area contributed by atoms with E-state index in [1.807, 2.05) is 0 Å². The Morgan fingerprint density at radius 3 is 1.00 bits per heavy atom. The van der Waals surface area contributed by atoms with Gasteiger partial charge in [-0.2, -0.15) is 0 Å². The molecule has 22 heavy (non-hydrogen) atoms. The molecule has 0 spiro atoms. The van der Waals surface area contributed by atoms with E-state index in [1.54, 1.807) is 0 Å². The molecule has 1 aromatic rings. The topological polar surface area (TPSA) is 52.0 Å². The van der Waals surface area contributed by atoms with Gasteiger partial charge in [0.05, 0.1) is 0 Å². The van der Waals surface area contributed by atoms with Gasteiger partial charge in [-0.3, -0.25) is 0 Å². The number of rotatable bonds is 6. The third-order valence-corrected chi connectivity index (χ3v) is 4.24. The minimum Gasteiger partial charge on any atom is -0.326 e. The molecule has 0 aliphatic carbocycles. The summed E-state index contributed by atoms with van der Waals surface area (Å²) in [6.07, 6.45) is 1.91. The predicted molar refractivity (Wildman–Crippen MR) is 98.3 cm³/mol. The average molecular weight is 305 g/mol. The predicted octanol–water partition coefficient (Wildman–Crippen LogP) is 4.50. The summed E-state index contributed by atoms with van der Waals surface area (Å²) in [6, 6.07) is 9.03. The first kappa shape index (κ1) is 19.2. The molecular weight excluding hydrogens is 268 g/mol. The van der Waals surface area contributed by atoms with Crippen molar-refractivity contribution in [3.63, 3.8) is 0 Å². The highest BCUT2D eigenvalue weighted by atomic mass is 14.7. The van der Waals surface area contributed by atoms with Gasteiger partial charge in [0.2, 0.25) is 0 Å². The molecule has 0 aliphatic rings. The minimum absolute atomic E-state index is 0.0774. The molecule has 0 amide bonds. The van der Waals surface area contributed by atoms with E-state index >= 15 is 0 Å². The Morgan fingerprint density at radius 1 is 0.591 bits per heavy atom. The van der Waals surface area contributed by atoms with Crippen molar-refractivity contribution in [3.05, 3.63) is 35.4 Å². The molecule has 0 saturated carbocycles. The maximum absolute atomic E-state index is 6.21. The third-order valence-electron chi connectivity index (χ3n) is 4.24. The van der Waals surface area contributed by atoms with Crippen LogP contribution in [0.4, 0.5) is 0 Å². The second-order valence-corrected chi connectivity index (χ2v) is 9.68. The Morgan fingerprint density at radius 2 is 0.818 bits per heavy atom. The molecule has 0 aromatic heterocycles. The molecule has 0 aliphatic heterocycles. The fourth-order valence-corrected chi connectivity index (χ4v) is 3.85. The van der Waals surface area contributed by atoms with Crippen molar-refractivity contribution in [2.24, 2.45) is 11.5 Å². The lowest BCUT2D eigenvalue weighted by Crippen LogP contribution is -2.39. The minimum atomic E-state index is -0.162. The van der Waals surface area contributed by atoms with E-state index in [9.17, 15) is 0 Å². The fourth-order valence-electron chi connectivity index (χ4n) is 3.85. The van der Waals surface area contributed by atoms with Crippen molar-refractivity contribution in [2.75, 3.05) is 0 Å². The van der Waals surface area contributed by atoms with Crippen LogP contribution in [0.3, 0.4) is 0 Å². The second kappa shape index (κ2) is 5.98. The molecule has 0 fully saturated rings. The summed E-state index contributed by atoms with van der Waals surface area (Å²) >= 11 is 0. The van der Waals surface area contributed by atoms with Gasteiger partial charge >= 0.3 is 0 Å². The zero-order chi connectivity index (χ0) is 17.4. The van der Waals surface area contributed by atoms with Crippen LogP contribution in [0.15, 0.2) is 24.3 Å². The van der Waals surface area contributed by atoms with Gasteiger partial charge in [-0.15, -0.1) is 0 Å². The molecule has 0 unspecified atom stereocenters. The molecule has 126 valence electrons. The van der Waals surface area contributed by atoms with Crippen LogP contribution >= 0.6 is 0 Å². The van der Waals surface area contributed by atoms with Crippen molar-refractivity contribution >= 4 is 0 Å². The molecule has 1 rings (SSSR count). The molecule has 2 heteroatoms. The summed E-state index contributed by atoms with van der Waals surface area (Å²) < 4.78 is 0. The lowest BCUT2D eigenvalue weighted by molar-refractivity contribution is 0.345. The molecule has 2 nitrogen and oxygen atoms in total. The zero-order valence-corrected chi connectivity index (χ0v) is 15.9. The number of hydrogen-bond donors (Lipinski definition) is 2. The molecule has 1 aromatic carbocycles. The largest absolute Gasteiger partial charge is 0.326 e. The average Bonchev–Trinajstić information content (AvgIpc) is 2.22. The van der Waals surface area contributed by atoms with Crippen LogP contribution < -0.4 is 11.5 Å². The first-order chi connectivity index (χ1) is 9.62. The maximum atomic E-state index is 6.21. The van der Waals surface area contributed by atoms with Crippen molar-refractivity contribution < 1.29 is 0 Å². The molecular formula is C20H36N2. The lowest BCUT2D eigenvalue weighted by Gasteiger charge is -2.35. The van der Waals surface area contributed by atoms with Gasteiger partial charge in [0.1, 0.15) is 0 Å². The highest BCUT2D eigenvalue weighted by Crippen LogP contribution is 2.35. The Bertz CT molecular complexity index is 435. The lowest BCUT2D eigenvalue weighted by atomic mass is 9.72. The Hall–Kier alpha value is -0.860. The molecule has 0 heterocycles. The van der Waals surface area contributed by atoms with Gasteiger partial charge < -0.3 is 11.5 Å². The zero-order valence-electron chi connectivity index (χ0n) is 15.9. The molecule has 0 radical (unpaired) electrons. The van der Waals surface area contributed by atoms with E-state index in [0.29, 0.717) is 0 Å². The van der Waals surface area contributed by atoms with Crippen molar-refractivity contribution in [2.45, 2.75) is 90.1 Å². The molecule has 0 bridgehead atoms. The summed E-state index contributed by atoms with van der Waals surface area (Å²) in [5, 5.41) is 0. The van der Waals surface area contributed by atoms with E-state index in [-0.39, 0.29) is 21.9 Å². The van der Waals surface area contributed by atoms with Gasteiger partial charge in [-0.05, 0) is 62.5 Å². The van der Waals surface area contributed by atoms with E-state index in [2.05, 4.69) is 79.7 Å². The summed E-state index contributed by atoms with van der Waals surface area (Å²) in [4.78, 5) is 0. The number of hydrogen-bond acceptors (Lipinski definition) is 2. The van der Waals surface area contributed by atoms with Crippen molar-refractivity contribution in [3.8, 4) is 0 Å². The van der Waals surface area contributed by atoms with Crippen molar-refractivity contribution in [1.29, 1.82) is 0 Å². The standard InChI is InChI=1S/C20H36N2/c1-17(2,13-19(5,6)21)15-9-11-16(12-10-15)18(3,4)14-20(7,8)22/h9-12H,13-14,21-22H2,1-8H3. The van der Waals surface area contributed by atoms with Crippen molar-refractivity contribution in [1.82, 2.24) is 0 Å². The van der Waals surface area contributed by atoms with Crippen LogP contribution in [-0.2, 0) is 10.8 Å². The third kappa shape index (κ3) is 5.73. The number of benzene rings is 1. The summed E-state index contributed by atoms with van der Waals surface area (Å²) in [5.41, 5.74) is 14.9. The van der Waals surface area contributed by atoms with Gasteiger partial charge in [0.25, 0.3) is 0 Å². The van der Waals surface area contributed by atoms with Crippen LogP contribution in [0, 0.1) is 0 Å². The van der Waals surface area contributed by atoms with Gasteiger partial charge in [0, 0.05) is 11.1 Å². The first-order valence-electron chi connectivity index (χ1n) is 8.31. The van der Waals surface area contributed by atoms with E-state index in [0.717, 1.165) is 12.8 Å². The monoisotopic (exact) mass is 304 g/mol. The van der Waals surface area contributed by atoms with E-state index < -0.39 is 0 Å². The highest BCUT2D eigenvalue weighted by molar-refractivity contribution is 5.32. The van der Waals surface area contributed by atoms with Crippen LogP contribution in [-0.4, -0.2) is 11.1 Å². The molecule has 0 atom stereocenters. The Kier molecular flexibility index (Phi) is 5.21. The smallest absolute Gasteiger partial charge is 0.0105 e. The molecule has 0 saturated heterocycles. The molecule has 4 N–H and O–H groups in total. The normalized spacial score (nSPS) is 14.3. The van der Waals surface area contributed by atoms with Crippen LogP contribution in [0.25, 0.3) is 0 Å². The summed E-state index contributed by atoms with van der Waals surface area (Å²) in [7, 11) is 0. The van der Waals surface area contributed by atoms with Crippen LogP contribution in [0.2, 0.25) is 0 Å². The maximum Gasteiger partial charge on any atom is 0.0105 e. The Labute approximate surface area is 137 Å². The highest BCUT2D eigenvalue weighted by Gasteiger charge is 2.30.